The largest absolute Gasteiger partial charge is 0.478 e. The van der Waals surface area contributed by atoms with E-state index >= 15 is 0 Å². The molecule has 0 fully saturated rings. The van der Waals surface area contributed by atoms with Gasteiger partial charge in [0.15, 0.2) is 0 Å². The van der Waals surface area contributed by atoms with Gasteiger partial charge < -0.3 is 15.7 Å². The van der Waals surface area contributed by atoms with Gasteiger partial charge in [-0.15, -0.1) is 0 Å². The van der Waals surface area contributed by atoms with Gasteiger partial charge in [-0.1, -0.05) is 29.8 Å². The van der Waals surface area contributed by atoms with Gasteiger partial charge >= 0.3 is 5.97 Å². The number of carbonyl (C=O) groups is 3. The fraction of sp³-hybridized carbons (Fsp3) is 0.357. The van der Waals surface area contributed by atoms with Gasteiger partial charge in [0.05, 0.1) is 5.56 Å². The average Bonchev–Trinajstić information content (AvgIpc) is 2.42. The van der Waals surface area contributed by atoms with Gasteiger partial charge in [0.2, 0.25) is 5.91 Å². The summed E-state index contributed by atoms with van der Waals surface area (Å²) in [5.41, 5.74) is 0.277. The number of rotatable bonds is 6. The highest BCUT2D eigenvalue weighted by Gasteiger charge is 2.11. The minimum Gasteiger partial charge on any atom is -0.478 e. The number of hydrogen-bond acceptors (Lipinski definition) is 3. The summed E-state index contributed by atoms with van der Waals surface area (Å²) in [5.74, 6) is -1.68. The molecule has 1 aromatic carbocycles. The highest BCUT2D eigenvalue weighted by Crippen LogP contribution is 2.16. The topological polar surface area (TPSA) is 95.5 Å². The van der Waals surface area contributed by atoms with Gasteiger partial charge in [0.1, 0.15) is 0 Å². The zero-order valence-corrected chi connectivity index (χ0v) is 13.4. The second kappa shape index (κ2) is 7.78. The summed E-state index contributed by atoms with van der Waals surface area (Å²) < 4.78 is 0.515. The third-order valence-corrected chi connectivity index (χ3v) is 3.10. The van der Waals surface area contributed by atoms with Crippen molar-refractivity contribution in [3.8, 4) is 0 Å². The molecule has 3 N–H and O–H groups in total. The van der Waals surface area contributed by atoms with Crippen LogP contribution in [0.2, 0.25) is 0 Å². The SMILES string of the molecule is CC(C)C(=O)NCCNC(=O)c1cc(Br)cc(C(=O)O)c1. The molecule has 2 amide bonds. The molecule has 6 nitrogen and oxygen atoms in total. The van der Waals surface area contributed by atoms with Crippen LogP contribution in [0.5, 0.6) is 0 Å². The minimum absolute atomic E-state index is 0.0302. The molecule has 1 rings (SSSR count). The molecule has 114 valence electrons. The number of halogens is 1. The van der Waals surface area contributed by atoms with Crippen LogP contribution >= 0.6 is 15.9 Å². The minimum atomic E-state index is -1.10. The lowest BCUT2D eigenvalue weighted by atomic mass is 10.1. The Hall–Kier alpha value is -1.89. The van der Waals surface area contributed by atoms with E-state index in [1.165, 1.54) is 18.2 Å². The van der Waals surface area contributed by atoms with Crippen LogP contribution < -0.4 is 10.6 Å². The Morgan fingerprint density at radius 2 is 1.67 bits per heavy atom. The van der Waals surface area contributed by atoms with Crippen LogP contribution in [-0.4, -0.2) is 36.0 Å². The van der Waals surface area contributed by atoms with Gasteiger partial charge in [-0.3, -0.25) is 9.59 Å². The number of benzene rings is 1. The number of hydrogen-bond donors (Lipinski definition) is 3. The van der Waals surface area contributed by atoms with Crippen molar-refractivity contribution < 1.29 is 19.5 Å². The standard InChI is InChI=1S/C14H17BrN2O4/c1-8(2)12(18)16-3-4-17-13(19)9-5-10(14(20)21)7-11(15)6-9/h5-8H,3-4H2,1-2H3,(H,16,18)(H,17,19)(H,20,21). The summed E-state index contributed by atoms with van der Waals surface area (Å²) >= 11 is 3.17. The maximum Gasteiger partial charge on any atom is 0.335 e. The number of carboxylic acid groups (broad SMARTS) is 1. The van der Waals surface area contributed by atoms with Crippen molar-refractivity contribution in [2.75, 3.05) is 13.1 Å². The van der Waals surface area contributed by atoms with E-state index in [1.54, 1.807) is 13.8 Å². The molecule has 0 radical (unpaired) electrons. The Morgan fingerprint density at radius 3 is 2.24 bits per heavy atom. The van der Waals surface area contributed by atoms with E-state index < -0.39 is 11.9 Å². The van der Waals surface area contributed by atoms with Crippen molar-refractivity contribution in [2.24, 2.45) is 5.92 Å². The highest BCUT2D eigenvalue weighted by molar-refractivity contribution is 9.10. The zero-order chi connectivity index (χ0) is 16.0. The normalized spacial score (nSPS) is 10.3. The van der Waals surface area contributed by atoms with Crippen molar-refractivity contribution in [1.82, 2.24) is 10.6 Å². The summed E-state index contributed by atoms with van der Waals surface area (Å²) in [4.78, 5) is 34.2. The van der Waals surface area contributed by atoms with Gasteiger partial charge in [0, 0.05) is 29.0 Å². The van der Waals surface area contributed by atoms with E-state index in [0.717, 1.165) is 0 Å². The molecular weight excluding hydrogens is 340 g/mol. The van der Waals surface area contributed by atoms with Crippen molar-refractivity contribution in [3.05, 3.63) is 33.8 Å². The maximum atomic E-state index is 11.9. The molecule has 0 aliphatic rings. The van der Waals surface area contributed by atoms with Crippen molar-refractivity contribution >= 4 is 33.7 Å². The number of amides is 2. The van der Waals surface area contributed by atoms with Crippen LogP contribution in [0, 0.1) is 5.92 Å². The van der Waals surface area contributed by atoms with E-state index in [1.807, 2.05) is 0 Å². The molecule has 1 aromatic rings. The molecule has 0 bridgehead atoms. The Morgan fingerprint density at radius 1 is 1.10 bits per heavy atom. The number of carbonyl (C=O) groups excluding carboxylic acids is 2. The molecule has 0 aromatic heterocycles. The lowest BCUT2D eigenvalue weighted by molar-refractivity contribution is -0.123. The molecule has 0 atom stereocenters. The number of nitrogens with one attached hydrogen (secondary N) is 2. The third kappa shape index (κ3) is 5.55. The van der Waals surface area contributed by atoms with E-state index in [-0.39, 0.29) is 29.5 Å². The average molecular weight is 357 g/mol. The molecule has 0 spiro atoms. The van der Waals surface area contributed by atoms with Gasteiger partial charge in [-0.25, -0.2) is 4.79 Å². The highest BCUT2D eigenvalue weighted by atomic mass is 79.9. The number of carboxylic acids is 1. The zero-order valence-electron chi connectivity index (χ0n) is 11.8. The van der Waals surface area contributed by atoms with Gasteiger partial charge in [-0.05, 0) is 18.2 Å². The first kappa shape index (κ1) is 17.2. The van der Waals surface area contributed by atoms with Gasteiger partial charge in [-0.2, -0.15) is 0 Å². The van der Waals surface area contributed by atoms with E-state index in [9.17, 15) is 14.4 Å². The second-order valence-electron chi connectivity index (χ2n) is 4.74. The van der Waals surface area contributed by atoms with Crippen LogP contribution in [0.3, 0.4) is 0 Å². The van der Waals surface area contributed by atoms with Crippen molar-refractivity contribution in [1.29, 1.82) is 0 Å². The summed E-state index contributed by atoms with van der Waals surface area (Å²) in [6.07, 6.45) is 0. The first-order valence-electron chi connectivity index (χ1n) is 6.41. The molecule has 0 aliphatic heterocycles. The van der Waals surface area contributed by atoms with Gasteiger partial charge in [0.25, 0.3) is 5.91 Å². The van der Waals surface area contributed by atoms with Crippen LogP contribution in [0.4, 0.5) is 0 Å². The first-order valence-corrected chi connectivity index (χ1v) is 7.20. The Kier molecular flexibility index (Phi) is 6.36. The van der Waals surface area contributed by atoms with Crippen molar-refractivity contribution in [2.45, 2.75) is 13.8 Å². The van der Waals surface area contributed by atoms with E-state index in [4.69, 9.17) is 5.11 Å². The summed E-state index contributed by atoms with van der Waals surface area (Å²) in [7, 11) is 0. The van der Waals surface area contributed by atoms with E-state index in [2.05, 4.69) is 26.6 Å². The molecule has 7 heteroatoms. The fourth-order valence-electron chi connectivity index (χ4n) is 1.51. The molecule has 0 heterocycles. The van der Waals surface area contributed by atoms with E-state index in [0.29, 0.717) is 11.0 Å². The smallest absolute Gasteiger partial charge is 0.335 e. The lowest BCUT2D eigenvalue weighted by Crippen LogP contribution is -2.36. The summed E-state index contributed by atoms with van der Waals surface area (Å²) in [6, 6.07) is 4.26. The predicted molar refractivity (Wildman–Crippen MR) is 81.3 cm³/mol. The molecule has 0 saturated carbocycles. The molecule has 0 unspecified atom stereocenters. The van der Waals surface area contributed by atoms with Crippen molar-refractivity contribution in [3.63, 3.8) is 0 Å². The first-order chi connectivity index (χ1) is 9.81. The fourth-order valence-corrected chi connectivity index (χ4v) is 2.01. The maximum absolute atomic E-state index is 11.9. The Bertz CT molecular complexity index is 558. The molecular formula is C14H17BrN2O4. The Labute approximate surface area is 131 Å². The van der Waals surface area contributed by atoms with Crippen LogP contribution in [0.15, 0.2) is 22.7 Å². The van der Waals surface area contributed by atoms with Crippen LogP contribution in [0.1, 0.15) is 34.6 Å². The lowest BCUT2D eigenvalue weighted by Gasteiger charge is -2.09. The van der Waals surface area contributed by atoms with Crippen LogP contribution in [-0.2, 0) is 4.79 Å². The predicted octanol–water partition coefficient (Wildman–Crippen LogP) is 1.65. The second-order valence-corrected chi connectivity index (χ2v) is 5.65. The number of aromatic carboxylic acids is 1. The quantitative estimate of drug-likeness (QED) is 0.675. The molecule has 0 saturated heterocycles. The monoisotopic (exact) mass is 356 g/mol. The van der Waals surface area contributed by atoms with Crippen LogP contribution in [0.25, 0.3) is 0 Å². The summed E-state index contributed by atoms with van der Waals surface area (Å²) in [6.45, 7) is 4.15. The molecule has 0 aliphatic carbocycles. The molecule has 21 heavy (non-hydrogen) atoms. The summed E-state index contributed by atoms with van der Waals surface area (Å²) in [5, 5.41) is 14.2. The Balaban J connectivity index is 2.56. The third-order valence-electron chi connectivity index (χ3n) is 2.64.